The Morgan fingerprint density at radius 2 is 1.02 bits per heavy atom. The summed E-state index contributed by atoms with van der Waals surface area (Å²) in [6.07, 6.45) is 8.49. The van der Waals surface area contributed by atoms with Crippen LogP contribution in [0.4, 0.5) is 22.7 Å². The molecule has 13 heteroatoms. The molecule has 4 aromatic rings. The number of rotatable bonds is 8. The Morgan fingerprint density at radius 3 is 1.40 bits per heavy atom. The number of hydrogen-bond acceptors (Lipinski definition) is 9. The summed E-state index contributed by atoms with van der Waals surface area (Å²) in [4.78, 5) is -1.81. The van der Waals surface area contributed by atoms with E-state index >= 15 is 0 Å². The zero-order valence-corrected chi connectivity index (χ0v) is 27.7. The van der Waals surface area contributed by atoms with Crippen molar-refractivity contribution in [3.8, 4) is 16.9 Å². The molecule has 45 heavy (non-hydrogen) atoms. The van der Waals surface area contributed by atoms with Crippen molar-refractivity contribution >= 4 is 53.8 Å². The van der Waals surface area contributed by atoms with Gasteiger partial charge in [-0.2, -0.15) is 16.8 Å². The molecule has 0 unspecified atom stereocenters. The van der Waals surface area contributed by atoms with Crippen molar-refractivity contribution in [3.63, 3.8) is 0 Å². The van der Waals surface area contributed by atoms with Gasteiger partial charge in [-0.15, -0.1) is 0 Å². The van der Waals surface area contributed by atoms with E-state index < -0.39 is 46.9 Å². The number of fused-ring (bicyclic) bond motifs is 1. The van der Waals surface area contributed by atoms with Crippen molar-refractivity contribution in [2.24, 2.45) is 0 Å². The van der Waals surface area contributed by atoms with E-state index in [1.165, 1.54) is 49.7 Å². The average molecular weight is 661 g/mol. The molecule has 246 valence electrons. The number of anilines is 4. The Kier molecular flexibility index (Phi) is 13.0. The summed E-state index contributed by atoms with van der Waals surface area (Å²) in [5.74, 6) is -0.666. The smallest absolute Gasteiger partial charge is 0.296 e. The maximum absolute atomic E-state index is 11.4. The number of nitrogens with two attached hydrogens (primary N) is 4. The van der Waals surface area contributed by atoms with Crippen LogP contribution in [0, 0.1) is 13.8 Å². The van der Waals surface area contributed by atoms with E-state index in [1.54, 1.807) is 0 Å². The first-order valence-electron chi connectivity index (χ1n) is 14.4. The third kappa shape index (κ3) is 9.98. The highest BCUT2D eigenvalue weighted by Crippen LogP contribution is 2.41. The van der Waals surface area contributed by atoms with E-state index in [4.69, 9.17) is 27.5 Å². The van der Waals surface area contributed by atoms with Crippen LogP contribution < -0.4 is 22.9 Å². The van der Waals surface area contributed by atoms with Gasteiger partial charge >= 0.3 is 0 Å². The Bertz CT molecular complexity index is 1800. The van der Waals surface area contributed by atoms with Crippen LogP contribution in [0.15, 0.2) is 64.4 Å². The van der Waals surface area contributed by atoms with Crippen molar-refractivity contribution in [3.05, 3.63) is 65.7 Å². The van der Waals surface area contributed by atoms with Crippen LogP contribution in [0.5, 0.6) is 5.75 Å². The zero-order chi connectivity index (χ0) is 34.1. The highest BCUT2D eigenvalue weighted by molar-refractivity contribution is 7.87. The standard InChI is InChI=1S/C14H16N2.C10H10N2O7S2.C8H18/c1-9-7-11(3-5-13(9)15)12-4-6-14(16)10(2)8-12;11-5-2-1-4-6(20(14,15)16)3-7(21(17,18)19)9(12)8(4)10(5)13;1-3-5-7-8-6-4-2/h3-8H,15-16H2,1-2H3;1-3,13H,11-12H2,(H,14,15,16)(H,17,18,19);3-8H2,1-2H3. The first kappa shape index (κ1) is 37.1. The average Bonchev–Trinajstić information content (AvgIpc) is 2.95. The molecule has 0 saturated carbocycles. The van der Waals surface area contributed by atoms with Crippen molar-refractivity contribution in [1.29, 1.82) is 0 Å². The van der Waals surface area contributed by atoms with Crippen molar-refractivity contribution < 1.29 is 31.0 Å². The zero-order valence-electron chi connectivity index (χ0n) is 26.0. The van der Waals surface area contributed by atoms with Gasteiger partial charge in [0.2, 0.25) is 0 Å². The van der Waals surface area contributed by atoms with Crippen LogP contribution >= 0.6 is 0 Å². The summed E-state index contributed by atoms with van der Waals surface area (Å²) in [5.41, 5.74) is 28.0. The van der Waals surface area contributed by atoms with Gasteiger partial charge in [0.15, 0.2) is 0 Å². The van der Waals surface area contributed by atoms with Gasteiger partial charge < -0.3 is 28.0 Å². The molecule has 0 fully saturated rings. The molecule has 0 atom stereocenters. The lowest BCUT2D eigenvalue weighted by atomic mass is 10.0. The molecule has 0 aliphatic carbocycles. The molecule has 0 aliphatic rings. The number of hydrogen-bond donors (Lipinski definition) is 7. The van der Waals surface area contributed by atoms with Gasteiger partial charge in [0.1, 0.15) is 15.5 Å². The Balaban J connectivity index is 0.000000259. The molecular weight excluding hydrogens is 617 g/mol. The van der Waals surface area contributed by atoms with Gasteiger partial charge in [0, 0.05) is 16.8 Å². The van der Waals surface area contributed by atoms with E-state index in [2.05, 4.69) is 26.0 Å². The molecule has 0 aliphatic heterocycles. The molecule has 0 heterocycles. The molecule has 0 aromatic heterocycles. The van der Waals surface area contributed by atoms with Gasteiger partial charge in [0.25, 0.3) is 20.2 Å². The summed E-state index contributed by atoms with van der Waals surface area (Å²) in [5, 5.41) is 9.22. The third-order valence-electron chi connectivity index (χ3n) is 7.16. The first-order valence-corrected chi connectivity index (χ1v) is 17.3. The number of unbranched alkanes of at least 4 members (excludes halogenated alkanes) is 5. The third-order valence-corrected chi connectivity index (χ3v) is 8.94. The predicted molar refractivity (Wildman–Crippen MR) is 183 cm³/mol. The number of benzene rings is 4. The second kappa shape index (κ2) is 15.8. The maximum Gasteiger partial charge on any atom is 0.296 e. The fourth-order valence-electron chi connectivity index (χ4n) is 4.47. The molecule has 0 bridgehead atoms. The summed E-state index contributed by atoms with van der Waals surface area (Å²) in [7, 11) is -9.73. The Hall–Kier alpha value is -4.04. The van der Waals surface area contributed by atoms with Crippen molar-refractivity contribution in [2.75, 3.05) is 22.9 Å². The monoisotopic (exact) mass is 660 g/mol. The largest absolute Gasteiger partial charge is 0.505 e. The second-order valence-electron chi connectivity index (χ2n) is 10.7. The van der Waals surface area contributed by atoms with Crippen LogP contribution in [-0.4, -0.2) is 31.0 Å². The molecular formula is C32H44N4O7S2. The normalized spacial score (nSPS) is 11.3. The quantitative estimate of drug-likeness (QED) is 0.0454. The molecule has 0 radical (unpaired) electrons. The molecule has 11 nitrogen and oxygen atoms in total. The highest BCUT2D eigenvalue weighted by atomic mass is 32.2. The van der Waals surface area contributed by atoms with Gasteiger partial charge in [-0.1, -0.05) is 70.6 Å². The number of nitrogen functional groups attached to an aromatic ring is 4. The van der Waals surface area contributed by atoms with Crippen molar-refractivity contribution in [2.45, 2.75) is 76.0 Å². The second-order valence-corrected chi connectivity index (χ2v) is 13.5. The molecule has 0 saturated heterocycles. The van der Waals surface area contributed by atoms with Crippen LogP contribution in [0.2, 0.25) is 0 Å². The van der Waals surface area contributed by atoms with Gasteiger partial charge in [-0.25, -0.2) is 0 Å². The van der Waals surface area contributed by atoms with Crippen LogP contribution in [0.25, 0.3) is 21.9 Å². The molecule has 11 N–H and O–H groups in total. The minimum atomic E-state index is -4.89. The summed E-state index contributed by atoms with van der Waals surface area (Å²) in [6.45, 7) is 8.55. The SMILES string of the molecule is CCCCCCCC.Cc1cc(-c2ccc(N)c(C)c2)ccc1N.Nc1ccc2c(S(=O)(=O)O)cc(S(=O)(=O)O)c(N)c2c1O. The number of phenols is 1. The van der Waals surface area contributed by atoms with E-state index in [0.29, 0.717) is 6.07 Å². The van der Waals surface area contributed by atoms with Gasteiger partial charge in [0.05, 0.1) is 16.8 Å². The summed E-state index contributed by atoms with van der Waals surface area (Å²) in [6, 6.07) is 14.9. The fourth-order valence-corrected chi connectivity index (χ4v) is 5.91. The number of phenolic OH excluding ortho intramolecular Hbond substituents is 1. The molecule has 0 amide bonds. The lowest BCUT2D eigenvalue weighted by Gasteiger charge is -2.13. The lowest BCUT2D eigenvalue weighted by molar-refractivity contribution is 0.481. The van der Waals surface area contributed by atoms with Crippen LogP contribution in [-0.2, 0) is 20.2 Å². The fraction of sp³-hybridized carbons (Fsp3) is 0.312. The number of aromatic hydroxyl groups is 1. The molecule has 4 rings (SSSR count). The lowest BCUT2D eigenvalue weighted by Crippen LogP contribution is -2.08. The predicted octanol–water partition coefficient (Wildman–Crippen LogP) is 6.70. The first-order chi connectivity index (χ1) is 20.9. The molecule has 0 spiro atoms. The summed E-state index contributed by atoms with van der Waals surface area (Å²) < 4.78 is 63.5. The topological polar surface area (TPSA) is 233 Å². The van der Waals surface area contributed by atoms with Crippen LogP contribution in [0.1, 0.15) is 63.5 Å². The van der Waals surface area contributed by atoms with E-state index in [0.717, 1.165) is 34.6 Å². The number of aryl methyl sites for hydroxylation is 2. The molecule has 4 aromatic carbocycles. The van der Waals surface area contributed by atoms with Gasteiger partial charge in [-0.05, 0) is 72.5 Å². The Morgan fingerprint density at radius 1 is 0.600 bits per heavy atom. The Labute approximate surface area is 265 Å². The van der Waals surface area contributed by atoms with Gasteiger partial charge in [-0.3, -0.25) is 9.11 Å². The van der Waals surface area contributed by atoms with E-state index in [-0.39, 0.29) is 11.1 Å². The maximum atomic E-state index is 11.4. The highest BCUT2D eigenvalue weighted by Gasteiger charge is 2.26. The van der Waals surface area contributed by atoms with E-state index in [1.807, 2.05) is 38.1 Å². The van der Waals surface area contributed by atoms with E-state index in [9.17, 15) is 26.5 Å². The summed E-state index contributed by atoms with van der Waals surface area (Å²) >= 11 is 0. The van der Waals surface area contributed by atoms with Crippen molar-refractivity contribution in [1.82, 2.24) is 0 Å². The minimum absolute atomic E-state index is 0.192. The minimum Gasteiger partial charge on any atom is -0.505 e. The van der Waals surface area contributed by atoms with Crippen LogP contribution in [0.3, 0.4) is 0 Å².